The zero-order chi connectivity index (χ0) is 20.8. The highest BCUT2D eigenvalue weighted by molar-refractivity contribution is 7.99. The normalized spacial score (nSPS) is 19.4. The van der Waals surface area contributed by atoms with Gasteiger partial charge in [-0.25, -0.2) is 9.67 Å². The number of thioether (sulfide) groups is 1. The van der Waals surface area contributed by atoms with Crippen LogP contribution in [0.3, 0.4) is 0 Å². The summed E-state index contributed by atoms with van der Waals surface area (Å²) in [4.78, 5) is 32.7. The first kappa shape index (κ1) is 19.6. The number of carbonyl (C=O) groups is 1. The lowest BCUT2D eigenvalue weighted by Gasteiger charge is -2.31. The summed E-state index contributed by atoms with van der Waals surface area (Å²) in [6, 6.07) is 7.08. The molecular formula is C21H22ClN5O2S. The predicted molar refractivity (Wildman–Crippen MR) is 117 cm³/mol. The summed E-state index contributed by atoms with van der Waals surface area (Å²) in [5.74, 6) is 1.48. The largest absolute Gasteiger partial charge is 0.343 e. The Balaban J connectivity index is 1.45. The average Bonchev–Trinajstić information content (AvgIpc) is 3.34. The summed E-state index contributed by atoms with van der Waals surface area (Å²) < 4.78 is 3.34. The minimum atomic E-state index is -0.167. The van der Waals surface area contributed by atoms with Crippen molar-refractivity contribution in [3.05, 3.63) is 45.8 Å². The summed E-state index contributed by atoms with van der Waals surface area (Å²) in [5.41, 5.74) is 1.18. The number of fused-ring (bicyclic) bond motifs is 2. The van der Waals surface area contributed by atoms with Crippen molar-refractivity contribution in [2.45, 2.75) is 37.4 Å². The molecule has 5 rings (SSSR count). The van der Waals surface area contributed by atoms with Gasteiger partial charge in [-0.2, -0.15) is 5.10 Å². The number of aromatic nitrogens is 4. The summed E-state index contributed by atoms with van der Waals surface area (Å²) in [6.45, 7) is 3.85. The van der Waals surface area contributed by atoms with Gasteiger partial charge in [-0.05, 0) is 43.0 Å². The van der Waals surface area contributed by atoms with Crippen molar-refractivity contribution >= 4 is 40.3 Å². The van der Waals surface area contributed by atoms with Crippen molar-refractivity contribution in [3.8, 4) is 5.69 Å². The molecule has 4 heterocycles. The van der Waals surface area contributed by atoms with Crippen LogP contribution in [0.25, 0.3) is 16.7 Å². The molecule has 2 aromatic heterocycles. The third-order valence-electron chi connectivity index (χ3n) is 5.99. The lowest BCUT2D eigenvalue weighted by atomic mass is 9.99. The Morgan fingerprint density at radius 3 is 2.70 bits per heavy atom. The third kappa shape index (κ3) is 3.41. The smallest absolute Gasteiger partial charge is 0.265 e. The number of hydrogen-bond acceptors (Lipinski definition) is 5. The zero-order valence-electron chi connectivity index (χ0n) is 16.6. The molecule has 2 aliphatic rings. The molecule has 1 amide bonds. The number of carbonyl (C=O) groups excluding carboxylic acids is 1. The number of hydrogen-bond donors (Lipinski definition) is 0. The molecule has 0 radical (unpaired) electrons. The molecule has 0 aliphatic carbocycles. The van der Waals surface area contributed by atoms with Gasteiger partial charge in [0.2, 0.25) is 5.91 Å². The third-order valence-corrected chi connectivity index (χ3v) is 7.34. The number of likely N-dealkylation sites (tertiary alicyclic amines) is 1. The van der Waals surface area contributed by atoms with E-state index < -0.39 is 0 Å². The van der Waals surface area contributed by atoms with Gasteiger partial charge in [-0.15, -0.1) is 0 Å². The molecule has 3 aromatic rings. The first-order chi connectivity index (χ1) is 14.5. The summed E-state index contributed by atoms with van der Waals surface area (Å²) in [7, 11) is 0. The maximum absolute atomic E-state index is 13.2. The van der Waals surface area contributed by atoms with Crippen molar-refractivity contribution in [1.82, 2.24) is 24.2 Å². The van der Waals surface area contributed by atoms with E-state index in [-0.39, 0.29) is 17.5 Å². The van der Waals surface area contributed by atoms with Gasteiger partial charge in [-0.1, -0.05) is 30.3 Å². The Kier molecular flexibility index (Phi) is 5.06. The van der Waals surface area contributed by atoms with E-state index in [1.807, 2.05) is 17.0 Å². The Morgan fingerprint density at radius 2 is 1.97 bits per heavy atom. The molecule has 0 saturated carbocycles. The second-order valence-electron chi connectivity index (χ2n) is 8.07. The summed E-state index contributed by atoms with van der Waals surface area (Å²) in [6.07, 6.45) is 3.99. The van der Waals surface area contributed by atoms with E-state index >= 15 is 0 Å². The fourth-order valence-corrected chi connectivity index (χ4v) is 5.40. The standard InChI is InChI=1S/C21H22ClN5O2S/c1-13-6-8-25(9-7-13)18(28)10-16-12-30-21-24-19-17(20(29)26(16)21)11-23-27(19)15-4-2-14(22)3-5-15/h2-5,11,13,16H,6-10,12H2,1H3. The van der Waals surface area contributed by atoms with Gasteiger partial charge in [0.25, 0.3) is 5.56 Å². The average molecular weight is 444 g/mol. The molecule has 1 fully saturated rings. The zero-order valence-corrected chi connectivity index (χ0v) is 18.2. The highest BCUT2D eigenvalue weighted by Gasteiger charge is 2.31. The number of benzene rings is 1. The van der Waals surface area contributed by atoms with Crippen LogP contribution in [-0.2, 0) is 4.79 Å². The van der Waals surface area contributed by atoms with Crippen LogP contribution in [0.2, 0.25) is 5.02 Å². The minimum absolute atomic E-state index is 0.129. The molecule has 0 bridgehead atoms. The van der Waals surface area contributed by atoms with E-state index in [4.69, 9.17) is 16.6 Å². The van der Waals surface area contributed by atoms with E-state index in [1.54, 1.807) is 27.6 Å². The number of piperidine rings is 1. The van der Waals surface area contributed by atoms with Crippen molar-refractivity contribution in [2.24, 2.45) is 5.92 Å². The van der Waals surface area contributed by atoms with Crippen LogP contribution >= 0.6 is 23.4 Å². The van der Waals surface area contributed by atoms with Crippen LogP contribution in [0.5, 0.6) is 0 Å². The molecule has 1 aromatic carbocycles. The lowest BCUT2D eigenvalue weighted by Crippen LogP contribution is -2.39. The molecule has 30 heavy (non-hydrogen) atoms. The van der Waals surface area contributed by atoms with Crippen molar-refractivity contribution < 1.29 is 4.79 Å². The molecule has 0 N–H and O–H groups in total. The Morgan fingerprint density at radius 1 is 1.23 bits per heavy atom. The van der Waals surface area contributed by atoms with E-state index in [2.05, 4.69) is 12.0 Å². The lowest BCUT2D eigenvalue weighted by molar-refractivity contribution is -0.133. The molecule has 1 atom stereocenters. The second kappa shape index (κ2) is 7.74. The van der Waals surface area contributed by atoms with Crippen LogP contribution in [-0.4, -0.2) is 49.0 Å². The Labute approximate surface area is 183 Å². The summed E-state index contributed by atoms with van der Waals surface area (Å²) >= 11 is 7.50. The first-order valence-electron chi connectivity index (χ1n) is 10.2. The minimum Gasteiger partial charge on any atom is -0.343 e. The molecule has 9 heteroatoms. The maximum atomic E-state index is 13.2. The van der Waals surface area contributed by atoms with Gasteiger partial charge in [-0.3, -0.25) is 14.2 Å². The summed E-state index contributed by atoms with van der Waals surface area (Å²) in [5, 5.41) is 6.12. The van der Waals surface area contributed by atoms with E-state index in [9.17, 15) is 9.59 Å². The van der Waals surface area contributed by atoms with Crippen LogP contribution in [0, 0.1) is 5.92 Å². The molecule has 1 unspecified atom stereocenters. The molecule has 0 spiro atoms. The molecule has 156 valence electrons. The van der Waals surface area contributed by atoms with Crippen molar-refractivity contribution in [3.63, 3.8) is 0 Å². The number of nitrogens with zero attached hydrogens (tertiary/aromatic N) is 5. The highest BCUT2D eigenvalue weighted by Crippen LogP contribution is 2.34. The number of rotatable bonds is 3. The van der Waals surface area contributed by atoms with Crippen molar-refractivity contribution in [1.29, 1.82) is 0 Å². The predicted octanol–water partition coefficient (Wildman–Crippen LogP) is 3.53. The van der Waals surface area contributed by atoms with E-state index in [0.717, 1.165) is 31.6 Å². The van der Waals surface area contributed by atoms with Gasteiger partial charge < -0.3 is 4.90 Å². The molecule has 2 aliphatic heterocycles. The fraction of sp³-hybridized carbons (Fsp3) is 0.429. The van der Waals surface area contributed by atoms with Gasteiger partial charge in [0, 0.05) is 30.3 Å². The monoisotopic (exact) mass is 443 g/mol. The van der Waals surface area contributed by atoms with Crippen LogP contribution in [0.15, 0.2) is 40.4 Å². The first-order valence-corrected chi connectivity index (χ1v) is 11.5. The Bertz CT molecular complexity index is 1160. The van der Waals surface area contributed by atoms with Gasteiger partial charge in [0.15, 0.2) is 10.8 Å². The highest BCUT2D eigenvalue weighted by atomic mass is 35.5. The quantitative estimate of drug-likeness (QED) is 0.579. The van der Waals surface area contributed by atoms with Crippen LogP contribution in [0.1, 0.15) is 32.2 Å². The van der Waals surface area contributed by atoms with Crippen LogP contribution < -0.4 is 5.56 Å². The topological polar surface area (TPSA) is 73.0 Å². The molecular weight excluding hydrogens is 422 g/mol. The van der Waals surface area contributed by atoms with Gasteiger partial charge >= 0.3 is 0 Å². The second-order valence-corrected chi connectivity index (χ2v) is 9.50. The number of amides is 1. The van der Waals surface area contributed by atoms with Crippen molar-refractivity contribution in [2.75, 3.05) is 18.8 Å². The number of halogens is 1. The molecule has 1 saturated heterocycles. The van der Waals surface area contributed by atoms with Gasteiger partial charge in [0.05, 0.1) is 17.9 Å². The maximum Gasteiger partial charge on any atom is 0.265 e. The van der Waals surface area contributed by atoms with Gasteiger partial charge in [0.1, 0.15) is 5.39 Å². The fourth-order valence-electron chi connectivity index (χ4n) is 4.14. The molecule has 7 nitrogen and oxygen atoms in total. The Hall–Kier alpha value is -2.32. The van der Waals surface area contributed by atoms with E-state index in [1.165, 1.54) is 11.8 Å². The van der Waals surface area contributed by atoms with E-state index in [0.29, 0.717) is 39.3 Å². The van der Waals surface area contributed by atoms with Crippen LogP contribution in [0.4, 0.5) is 0 Å². The SMILES string of the molecule is CC1CCN(C(=O)CC2CSc3nc4c(cnn4-c4ccc(Cl)cc4)c(=O)n32)CC1.